The largest absolute Gasteiger partial charge is 0.321 e. The van der Waals surface area contributed by atoms with Crippen molar-refractivity contribution in [1.29, 1.82) is 0 Å². The number of hydrazine groups is 1. The van der Waals surface area contributed by atoms with Gasteiger partial charge in [0.25, 0.3) is 0 Å². The molecule has 2 aromatic rings. The minimum atomic E-state index is 0.340. The fourth-order valence-electron chi connectivity index (χ4n) is 3.42. The first-order chi connectivity index (χ1) is 9.92. The topological polar surface area (TPSA) is 53.9 Å². The molecule has 0 bridgehead atoms. The van der Waals surface area contributed by atoms with Crippen LogP contribution in [-0.2, 0) is 0 Å². The normalized spacial score (nSPS) is 33.0. The number of benzene rings is 1. The highest BCUT2D eigenvalue weighted by atomic mass is 15.4. The molecule has 2 aliphatic rings. The highest BCUT2D eigenvalue weighted by Crippen LogP contribution is 2.36. The van der Waals surface area contributed by atoms with Crippen molar-refractivity contribution in [2.75, 3.05) is 6.54 Å². The van der Waals surface area contributed by atoms with Gasteiger partial charge in [-0.05, 0) is 12.0 Å². The molecule has 104 valence electrons. The molecular weight excluding hydrogens is 250 g/mol. The van der Waals surface area contributed by atoms with Gasteiger partial charge in [-0.1, -0.05) is 30.3 Å². The lowest BCUT2D eigenvalue weighted by Crippen LogP contribution is -2.47. The number of piperidine rings is 1. The zero-order valence-corrected chi connectivity index (χ0v) is 11.2. The second kappa shape index (κ2) is 5.01. The van der Waals surface area contributed by atoms with E-state index in [4.69, 9.17) is 0 Å². The van der Waals surface area contributed by atoms with Gasteiger partial charge in [-0.2, -0.15) is 0 Å². The summed E-state index contributed by atoms with van der Waals surface area (Å²) in [6.45, 7) is 0.976. The predicted molar refractivity (Wildman–Crippen MR) is 76.6 cm³/mol. The van der Waals surface area contributed by atoms with Crippen molar-refractivity contribution in [2.24, 2.45) is 5.92 Å². The Hall–Kier alpha value is -1.69. The highest BCUT2D eigenvalue weighted by Gasteiger charge is 2.41. The van der Waals surface area contributed by atoms with Crippen molar-refractivity contribution < 1.29 is 0 Å². The van der Waals surface area contributed by atoms with Crippen molar-refractivity contribution in [1.82, 2.24) is 25.7 Å². The first kappa shape index (κ1) is 12.1. The number of aromatic nitrogens is 2. The maximum absolute atomic E-state index is 4.15. The smallest absolute Gasteiger partial charge is 0.0959 e. The number of hydrogen-bond acceptors (Lipinski definition) is 4. The van der Waals surface area contributed by atoms with Crippen LogP contribution in [0.15, 0.2) is 49.1 Å². The molecule has 0 aliphatic carbocycles. The standard InChI is InChI=1S/C15H19N5/c1-2-4-11(5-3-1)15-12-8-14(20-7-6-16-10-20)17-9-13(12)18-19-15/h1-7,10,12-15,17-19H,8-9H2. The third kappa shape index (κ3) is 2.04. The monoisotopic (exact) mass is 269 g/mol. The molecule has 20 heavy (non-hydrogen) atoms. The van der Waals surface area contributed by atoms with Crippen molar-refractivity contribution in [3.63, 3.8) is 0 Å². The van der Waals surface area contributed by atoms with Crippen LogP contribution >= 0.6 is 0 Å². The van der Waals surface area contributed by atoms with Crippen LogP contribution in [0, 0.1) is 5.92 Å². The fourth-order valence-corrected chi connectivity index (χ4v) is 3.42. The first-order valence-electron chi connectivity index (χ1n) is 7.18. The van der Waals surface area contributed by atoms with Crippen LogP contribution < -0.4 is 16.2 Å². The van der Waals surface area contributed by atoms with Crippen LogP contribution in [0.5, 0.6) is 0 Å². The maximum atomic E-state index is 4.15. The molecule has 3 N–H and O–H groups in total. The van der Waals surface area contributed by atoms with Crippen molar-refractivity contribution in [3.8, 4) is 0 Å². The molecule has 1 aromatic heterocycles. The summed E-state index contributed by atoms with van der Waals surface area (Å²) in [7, 11) is 0. The van der Waals surface area contributed by atoms with Crippen LogP contribution in [0.25, 0.3) is 0 Å². The van der Waals surface area contributed by atoms with E-state index in [0.717, 1.165) is 13.0 Å². The molecule has 3 heterocycles. The lowest BCUT2D eigenvalue weighted by atomic mass is 9.83. The third-order valence-corrected chi connectivity index (χ3v) is 4.48. The van der Waals surface area contributed by atoms with Gasteiger partial charge in [0.1, 0.15) is 0 Å². The summed E-state index contributed by atoms with van der Waals surface area (Å²) in [5.74, 6) is 0.589. The van der Waals surface area contributed by atoms with Crippen LogP contribution in [0.3, 0.4) is 0 Å². The van der Waals surface area contributed by atoms with E-state index in [1.165, 1.54) is 5.56 Å². The van der Waals surface area contributed by atoms with Gasteiger partial charge in [0, 0.05) is 30.9 Å². The SMILES string of the molecule is c1ccc(C2NNC3CNC(n4ccnc4)CC32)cc1. The average Bonchev–Trinajstić information content (AvgIpc) is 3.17. The van der Waals surface area contributed by atoms with E-state index in [1.807, 2.05) is 18.7 Å². The Morgan fingerprint density at radius 1 is 1.15 bits per heavy atom. The number of imidazole rings is 1. The Bertz CT molecular complexity index is 553. The van der Waals surface area contributed by atoms with E-state index >= 15 is 0 Å². The van der Waals surface area contributed by atoms with Gasteiger partial charge in [-0.3, -0.25) is 10.7 Å². The first-order valence-corrected chi connectivity index (χ1v) is 7.18. The summed E-state index contributed by atoms with van der Waals surface area (Å²) >= 11 is 0. The molecule has 5 nitrogen and oxygen atoms in total. The molecule has 4 unspecified atom stereocenters. The van der Waals surface area contributed by atoms with Gasteiger partial charge in [0.2, 0.25) is 0 Å². The molecule has 2 fully saturated rings. The second-order valence-electron chi connectivity index (χ2n) is 5.62. The zero-order chi connectivity index (χ0) is 13.4. The minimum absolute atomic E-state index is 0.340. The van der Waals surface area contributed by atoms with Gasteiger partial charge in [-0.25, -0.2) is 10.4 Å². The molecule has 4 rings (SSSR count). The van der Waals surface area contributed by atoms with E-state index in [1.54, 1.807) is 0 Å². The van der Waals surface area contributed by atoms with Crippen LogP contribution in [0.2, 0.25) is 0 Å². The number of rotatable bonds is 2. The van der Waals surface area contributed by atoms with E-state index in [2.05, 4.69) is 56.1 Å². The molecule has 5 heteroatoms. The summed E-state index contributed by atoms with van der Waals surface area (Å²) in [6.07, 6.45) is 7.21. The third-order valence-electron chi connectivity index (χ3n) is 4.48. The average molecular weight is 269 g/mol. The number of fused-ring (bicyclic) bond motifs is 1. The van der Waals surface area contributed by atoms with E-state index in [9.17, 15) is 0 Å². The van der Waals surface area contributed by atoms with Crippen LogP contribution in [-0.4, -0.2) is 22.1 Å². The van der Waals surface area contributed by atoms with Gasteiger partial charge in [0.05, 0.1) is 18.5 Å². The minimum Gasteiger partial charge on any atom is -0.321 e. The van der Waals surface area contributed by atoms with Crippen LogP contribution in [0.4, 0.5) is 0 Å². The second-order valence-corrected chi connectivity index (χ2v) is 5.62. The summed E-state index contributed by atoms with van der Waals surface area (Å²) in [5.41, 5.74) is 8.26. The Balaban J connectivity index is 1.57. The van der Waals surface area contributed by atoms with Crippen molar-refractivity contribution >= 4 is 0 Å². The highest BCUT2D eigenvalue weighted by molar-refractivity contribution is 5.22. The van der Waals surface area contributed by atoms with E-state index in [-0.39, 0.29) is 0 Å². The molecule has 0 amide bonds. The Morgan fingerprint density at radius 2 is 2.05 bits per heavy atom. The molecule has 2 aliphatic heterocycles. The summed E-state index contributed by atoms with van der Waals surface area (Å²) in [5, 5.41) is 3.59. The lowest BCUT2D eigenvalue weighted by molar-refractivity contribution is 0.217. The van der Waals surface area contributed by atoms with Crippen LogP contribution in [0.1, 0.15) is 24.2 Å². The summed E-state index contributed by atoms with van der Waals surface area (Å²) < 4.78 is 2.16. The molecule has 2 saturated heterocycles. The van der Waals surface area contributed by atoms with E-state index in [0.29, 0.717) is 24.2 Å². The van der Waals surface area contributed by atoms with Gasteiger partial charge < -0.3 is 4.57 Å². The Morgan fingerprint density at radius 3 is 2.85 bits per heavy atom. The number of hydrogen-bond donors (Lipinski definition) is 3. The van der Waals surface area contributed by atoms with Crippen molar-refractivity contribution in [3.05, 3.63) is 54.6 Å². The molecule has 1 aromatic carbocycles. The quantitative estimate of drug-likeness (QED) is 0.767. The molecule has 0 spiro atoms. The molecule has 0 radical (unpaired) electrons. The Labute approximate surface area is 118 Å². The summed E-state index contributed by atoms with van der Waals surface area (Å²) in [6, 6.07) is 11.6. The predicted octanol–water partition coefficient (Wildman–Crippen LogP) is 1.21. The number of nitrogens with one attached hydrogen (secondary N) is 3. The van der Waals surface area contributed by atoms with Gasteiger partial charge >= 0.3 is 0 Å². The Kier molecular flexibility index (Phi) is 3.03. The van der Waals surface area contributed by atoms with Gasteiger partial charge in [-0.15, -0.1) is 0 Å². The molecular formula is C15H19N5. The van der Waals surface area contributed by atoms with Crippen molar-refractivity contribution in [2.45, 2.75) is 24.7 Å². The lowest BCUT2D eigenvalue weighted by Gasteiger charge is -2.34. The number of nitrogens with zero attached hydrogens (tertiary/aromatic N) is 2. The molecule has 0 saturated carbocycles. The van der Waals surface area contributed by atoms with Gasteiger partial charge in [0.15, 0.2) is 0 Å². The molecule has 4 atom stereocenters. The zero-order valence-electron chi connectivity index (χ0n) is 11.2. The van der Waals surface area contributed by atoms with E-state index < -0.39 is 0 Å². The fraction of sp³-hybridized carbons (Fsp3) is 0.400. The maximum Gasteiger partial charge on any atom is 0.0959 e. The summed E-state index contributed by atoms with van der Waals surface area (Å²) in [4.78, 5) is 4.15.